The molecule has 0 aliphatic rings. The van der Waals surface area contributed by atoms with Crippen LogP contribution in [-0.2, 0) is 9.53 Å². The first-order valence-electron chi connectivity index (χ1n) is 8.54. The number of hydrogen-bond acceptors (Lipinski definition) is 4. The van der Waals surface area contributed by atoms with Crippen LogP contribution in [0.25, 0.3) is 0 Å². The quantitative estimate of drug-likeness (QED) is 0.649. The molecular weight excluding hydrogens is 304 g/mol. The Labute approximate surface area is 145 Å². The molecule has 0 bridgehead atoms. The van der Waals surface area contributed by atoms with Crippen molar-refractivity contribution in [3.05, 3.63) is 23.8 Å². The summed E-state index contributed by atoms with van der Waals surface area (Å²) in [6.07, 6.45) is 4.52. The molecule has 0 aliphatic carbocycles. The van der Waals surface area contributed by atoms with Gasteiger partial charge in [-0.1, -0.05) is 33.1 Å². The molecule has 132 valence electrons. The lowest BCUT2D eigenvalue weighted by Crippen LogP contribution is -2.42. The van der Waals surface area contributed by atoms with E-state index in [1.807, 2.05) is 0 Å². The Hall–Kier alpha value is -2.06. The zero-order chi connectivity index (χ0) is 18.0. The molecule has 0 spiro atoms. The van der Waals surface area contributed by atoms with E-state index in [0.717, 1.165) is 25.7 Å². The van der Waals surface area contributed by atoms with Crippen molar-refractivity contribution in [3.63, 3.8) is 0 Å². The number of carbonyl (C=O) groups is 1. The lowest BCUT2D eigenvalue weighted by molar-refractivity contribution is -0.136. The number of rotatable bonds is 10. The summed E-state index contributed by atoms with van der Waals surface area (Å²) in [7, 11) is 1.53. The van der Waals surface area contributed by atoms with Gasteiger partial charge in [-0.05, 0) is 38.0 Å². The van der Waals surface area contributed by atoms with E-state index in [9.17, 15) is 10.1 Å². The molecule has 0 unspecified atom stereocenters. The van der Waals surface area contributed by atoms with Crippen molar-refractivity contribution in [2.45, 2.75) is 58.5 Å². The maximum Gasteiger partial charge on any atom is 0.256 e. The van der Waals surface area contributed by atoms with Gasteiger partial charge >= 0.3 is 0 Å². The Bertz CT molecular complexity index is 580. The molecule has 1 N–H and O–H groups in total. The molecule has 0 aromatic heterocycles. The summed E-state index contributed by atoms with van der Waals surface area (Å²) < 4.78 is 11.0. The second-order valence-corrected chi connectivity index (χ2v) is 6.01. The monoisotopic (exact) mass is 332 g/mol. The van der Waals surface area contributed by atoms with Gasteiger partial charge < -0.3 is 14.8 Å². The van der Waals surface area contributed by atoms with Crippen LogP contribution >= 0.6 is 0 Å². The molecule has 1 aromatic rings. The number of benzene rings is 1. The first-order chi connectivity index (χ1) is 11.5. The van der Waals surface area contributed by atoms with Gasteiger partial charge in [-0.25, -0.2) is 0 Å². The zero-order valence-corrected chi connectivity index (χ0v) is 15.1. The van der Waals surface area contributed by atoms with Crippen LogP contribution in [0.5, 0.6) is 5.75 Å². The summed E-state index contributed by atoms with van der Waals surface area (Å²) in [5, 5.41) is 12.2. The third kappa shape index (κ3) is 5.54. The summed E-state index contributed by atoms with van der Waals surface area (Å²) in [4.78, 5) is 12.6. The van der Waals surface area contributed by atoms with Crippen molar-refractivity contribution >= 4 is 11.6 Å². The molecule has 24 heavy (non-hydrogen) atoms. The highest BCUT2D eigenvalue weighted by Gasteiger charge is 2.32. The minimum atomic E-state index is -0.904. The van der Waals surface area contributed by atoms with E-state index >= 15 is 0 Å². The molecule has 0 heterocycles. The Morgan fingerprint density at radius 3 is 2.58 bits per heavy atom. The van der Waals surface area contributed by atoms with E-state index in [0.29, 0.717) is 30.0 Å². The molecule has 0 fully saturated rings. The van der Waals surface area contributed by atoms with Gasteiger partial charge in [-0.3, -0.25) is 4.79 Å². The van der Waals surface area contributed by atoms with Crippen molar-refractivity contribution in [1.82, 2.24) is 0 Å². The predicted molar refractivity (Wildman–Crippen MR) is 95.1 cm³/mol. The zero-order valence-electron chi connectivity index (χ0n) is 15.1. The molecule has 1 amide bonds. The molecule has 0 radical (unpaired) electrons. The number of amides is 1. The molecule has 0 saturated carbocycles. The average molecular weight is 332 g/mol. The summed E-state index contributed by atoms with van der Waals surface area (Å²) >= 11 is 0. The molecule has 1 aromatic carbocycles. The SMILES string of the molecule is CCCCOc1ccc(NC(=O)[C@@](C)(CCCC)OC)c(C#N)c1. The number of nitrogens with one attached hydrogen (secondary N) is 1. The number of ether oxygens (including phenoxy) is 2. The van der Waals surface area contributed by atoms with Crippen LogP contribution in [0.15, 0.2) is 18.2 Å². The highest BCUT2D eigenvalue weighted by molar-refractivity contribution is 5.98. The standard InChI is InChI=1S/C19H28N2O3/c1-5-7-11-19(3,23-4)18(22)21-17-10-9-16(13-15(17)14-20)24-12-8-6-2/h9-10,13H,5-8,11-12H2,1-4H3,(H,21,22)/t19-/m1/s1. The lowest BCUT2D eigenvalue weighted by atomic mass is 9.97. The molecule has 5 nitrogen and oxygen atoms in total. The van der Waals surface area contributed by atoms with Gasteiger partial charge in [0.05, 0.1) is 17.9 Å². The molecule has 0 saturated heterocycles. The van der Waals surface area contributed by atoms with Gasteiger partial charge in [-0.15, -0.1) is 0 Å². The van der Waals surface area contributed by atoms with Crippen molar-refractivity contribution in [2.75, 3.05) is 19.0 Å². The van der Waals surface area contributed by atoms with Crippen LogP contribution in [0.2, 0.25) is 0 Å². The molecule has 1 rings (SSSR count). The van der Waals surface area contributed by atoms with Crippen molar-refractivity contribution in [2.24, 2.45) is 0 Å². The van der Waals surface area contributed by atoms with Crippen molar-refractivity contribution in [3.8, 4) is 11.8 Å². The van der Waals surface area contributed by atoms with Gasteiger partial charge in [0.2, 0.25) is 0 Å². The van der Waals surface area contributed by atoms with Crippen LogP contribution in [0, 0.1) is 11.3 Å². The van der Waals surface area contributed by atoms with Crippen LogP contribution in [0.4, 0.5) is 5.69 Å². The highest BCUT2D eigenvalue weighted by Crippen LogP contribution is 2.25. The summed E-state index contributed by atoms with van der Waals surface area (Å²) in [6, 6.07) is 7.23. The fraction of sp³-hybridized carbons (Fsp3) is 0.579. The average Bonchev–Trinajstić information content (AvgIpc) is 2.60. The topological polar surface area (TPSA) is 71.3 Å². The fourth-order valence-corrected chi connectivity index (χ4v) is 2.23. The normalized spacial score (nSPS) is 13.0. The molecule has 0 aliphatic heterocycles. The first-order valence-corrected chi connectivity index (χ1v) is 8.54. The number of nitriles is 1. The van der Waals surface area contributed by atoms with Gasteiger partial charge in [-0.2, -0.15) is 5.26 Å². The van der Waals surface area contributed by atoms with E-state index in [-0.39, 0.29) is 5.91 Å². The smallest absolute Gasteiger partial charge is 0.256 e. The van der Waals surface area contributed by atoms with E-state index in [1.165, 1.54) is 7.11 Å². The Balaban J connectivity index is 2.86. The number of unbranched alkanes of at least 4 members (excludes halogenated alkanes) is 2. The molecular formula is C19H28N2O3. The predicted octanol–water partition coefficient (Wildman–Crippen LogP) is 4.27. The van der Waals surface area contributed by atoms with Crippen LogP contribution in [0.1, 0.15) is 58.4 Å². The van der Waals surface area contributed by atoms with E-state index in [2.05, 4.69) is 25.2 Å². The maximum absolute atomic E-state index is 12.6. The lowest BCUT2D eigenvalue weighted by Gasteiger charge is -2.27. The Morgan fingerprint density at radius 1 is 1.29 bits per heavy atom. The van der Waals surface area contributed by atoms with Gasteiger partial charge in [0.25, 0.3) is 5.91 Å². The van der Waals surface area contributed by atoms with E-state index < -0.39 is 5.60 Å². The molecule has 1 atom stereocenters. The van der Waals surface area contributed by atoms with Gasteiger partial charge in [0, 0.05) is 7.11 Å². The summed E-state index contributed by atoms with van der Waals surface area (Å²) in [5.74, 6) is 0.396. The van der Waals surface area contributed by atoms with E-state index in [4.69, 9.17) is 9.47 Å². The van der Waals surface area contributed by atoms with Crippen LogP contribution in [0.3, 0.4) is 0 Å². The number of methoxy groups -OCH3 is 1. The highest BCUT2D eigenvalue weighted by atomic mass is 16.5. The molecule has 5 heteroatoms. The first kappa shape index (κ1) is 20.0. The minimum Gasteiger partial charge on any atom is -0.494 e. The largest absolute Gasteiger partial charge is 0.494 e. The fourth-order valence-electron chi connectivity index (χ4n) is 2.23. The minimum absolute atomic E-state index is 0.241. The number of anilines is 1. The Morgan fingerprint density at radius 2 is 2.00 bits per heavy atom. The third-order valence-corrected chi connectivity index (χ3v) is 4.06. The number of nitrogens with zero attached hydrogens (tertiary/aromatic N) is 1. The van der Waals surface area contributed by atoms with Crippen molar-refractivity contribution < 1.29 is 14.3 Å². The Kier molecular flexibility index (Phi) is 8.28. The van der Waals surface area contributed by atoms with Crippen LogP contribution in [-0.4, -0.2) is 25.2 Å². The van der Waals surface area contributed by atoms with E-state index in [1.54, 1.807) is 25.1 Å². The number of carbonyl (C=O) groups excluding carboxylic acids is 1. The third-order valence-electron chi connectivity index (χ3n) is 4.06. The van der Waals surface area contributed by atoms with Gasteiger partial charge in [0.1, 0.15) is 17.4 Å². The van der Waals surface area contributed by atoms with Crippen molar-refractivity contribution in [1.29, 1.82) is 5.26 Å². The van der Waals surface area contributed by atoms with Crippen LogP contribution < -0.4 is 10.1 Å². The maximum atomic E-state index is 12.6. The second-order valence-electron chi connectivity index (χ2n) is 6.01. The second kappa shape index (κ2) is 9.94. The summed E-state index contributed by atoms with van der Waals surface area (Å²) in [5.41, 5.74) is -0.0460. The van der Waals surface area contributed by atoms with Gasteiger partial charge in [0.15, 0.2) is 0 Å². The number of hydrogen-bond donors (Lipinski definition) is 1. The summed E-state index contributed by atoms with van der Waals surface area (Å²) in [6.45, 7) is 6.55.